The van der Waals surface area contributed by atoms with Gasteiger partial charge < -0.3 is 14.4 Å². The van der Waals surface area contributed by atoms with E-state index in [-0.39, 0.29) is 23.8 Å². The van der Waals surface area contributed by atoms with Crippen molar-refractivity contribution in [3.05, 3.63) is 41.5 Å². The molecule has 0 radical (unpaired) electrons. The van der Waals surface area contributed by atoms with Crippen LogP contribution in [0.5, 0.6) is 0 Å². The van der Waals surface area contributed by atoms with Crippen LogP contribution in [-0.4, -0.2) is 43.6 Å². The number of hydrogen-bond donors (Lipinski definition) is 0. The number of esters is 1. The normalized spacial score (nSPS) is 17.7. The van der Waals surface area contributed by atoms with Gasteiger partial charge in [-0.25, -0.2) is 0 Å². The van der Waals surface area contributed by atoms with E-state index < -0.39 is 0 Å². The first-order chi connectivity index (χ1) is 11.0. The van der Waals surface area contributed by atoms with Crippen molar-refractivity contribution in [1.82, 2.24) is 4.90 Å². The predicted octanol–water partition coefficient (Wildman–Crippen LogP) is 2.35. The van der Waals surface area contributed by atoms with E-state index in [1.807, 2.05) is 25.1 Å². The van der Waals surface area contributed by atoms with Crippen LogP contribution in [0.25, 0.3) is 5.76 Å². The van der Waals surface area contributed by atoms with E-state index >= 15 is 0 Å². The van der Waals surface area contributed by atoms with Crippen LogP contribution in [0.3, 0.4) is 0 Å². The largest absolute Gasteiger partial charge is 0.494 e. The van der Waals surface area contributed by atoms with Crippen molar-refractivity contribution in [2.45, 2.75) is 25.2 Å². The minimum absolute atomic E-state index is 0.00390. The lowest BCUT2D eigenvalue weighted by atomic mass is 9.85. The minimum atomic E-state index is -0.390. The fourth-order valence-electron chi connectivity index (χ4n) is 3.22. The Hall–Kier alpha value is -2.30. The van der Waals surface area contributed by atoms with Crippen LogP contribution in [0.15, 0.2) is 24.8 Å². The lowest BCUT2D eigenvalue weighted by molar-refractivity contribution is -0.141. The second-order valence-electron chi connectivity index (χ2n) is 6.13. The van der Waals surface area contributed by atoms with Crippen LogP contribution in [-0.2, 0) is 19.7 Å². The number of ether oxygens (including phenoxy) is 2. The van der Waals surface area contributed by atoms with E-state index in [1.54, 1.807) is 4.90 Å². The summed E-state index contributed by atoms with van der Waals surface area (Å²) in [7, 11) is 1.34. The van der Waals surface area contributed by atoms with Gasteiger partial charge in [0.25, 0.3) is 5.91 Å². The summed E-state index contributed by atoms with van der Waals surface area (Å²) < 4.78 is 10.2. The number of hydrogen-bond acceptors (Lipinski definition) is 4. The Morgan fingerprint density at radius 2 is 2.13 bits per heavy atom. The van der Waals surface area contributed by atoms with Crippen molar-refractivity contribution in [1.29, 1.82) is 0 Å². The summed E-state index contributed by atoms with van der Waals surface area (Å²) >= 11 is 0. The van der Waals surface area contributed by atoms with Gasteiger partial charge in [0.1, 0.15) is 12.3 Å². The van der Waals surface area contributed by atoms with Crippen LogP contribution in [0, 0.1) is 0 Å². The molecule has 0 aromatic heterocycles. The molecule has 5 heteroatoms. The predicted molar refractivity (Wildman–Crippen MR) is 85.9 cm³/mol. The van der Waals surface area contributed by atoms with Gasteiger partial charge in [0.15, 0.2) is 0 Å². The third-order valence-corrected chi connectivity index (χ3v) is 4.64. The van der Waals surface area contributed by atoms with E-state index in [2.05, 4.69) is 6.58 Å². The molecule has 0 saturated heterocycles. The van der Waals surface area contributed by atoms with Gasteiger partial charge in [0.05, 0.1) is 13.7 Å². The molecule has 2 aliphatic rings. The topological polar surface area (TPSA) is 55.8 Å². The van der Waals surface area contributed by atoms with Crippen LogP contribution in [0.4, 0.5) is 0 Å². The Bertz CT molecular complexity index is 676. The summed E-state index contributed by atoms with van der Waals surface area (Å²) in [6.07, 6.45) is 2.05. The second kappa shape index (κ2) is 5.72. The van der Waals surface area contributed by atoms with Crippen molar-refractivity contribution in [2.75, 3.05) is 26.8 Å². The molecule has 1 fully saturated rings. The van der Waals surface area contributed by atoms with Crippen LogP contribution < -0.4 is 0 Å². The zero-order valence-electron chi connectivity index (χ0n) is 13.6. The number of carbonyl (C=O) groups is 2. The highest BCUT2D eigenvalue weighted by molar-refractivity contribution is 5.99. The summed E-state index contributed by atoms with van der Waals surface area (Å²) in [4.78, 5) is 25.8. The van der Waals surface area contributed by atoms with Crippen molar-refractivity contribution in [3.63, 3.8) is 0 Å². The number of nitrogens with zero attached hydrogens (tertiary/aromatic N) is 1. The first-order valence-corrected chi connectivity index (χ1v) is 7.83. The number of rotatable bonds is 5. The monoisotopic (exact) mass is 315 g/mol. The quantitative estimate of drug-likeness (QED) is 0.618. The summed E-state index contributed by atoms with van der Waals surface area (Å²) in [6, 6.07) is 5.70. The van der Waals surface area contributed by atoms with Gasteiger partial charge in [-0.2, -0.15) is 0 Å². The van der Waals surface area contributed by atoms with Gasteiger partial charge in [-0.3, -0.25) is 9.59 Å². The zero-order valence-corrected chi connectivity index (χ0v) is 13.6. The number of methoxy groups -OCH3 is 1. The maximum Gasteiger partial charge on any atom is 0.325 e. The Balaban J connectivity index is 1.94. The van der Waals surface area contributed by atoms with E-state index in [1.165, 1.54) is 7.11 Å². The Morgan fingerprint density at radius 3 is 2.74 bits per heavy atom. The minimum Gasteiger partial charge on any atom is -0.494 e. The molecular weight excluding hydrogens is 294 g/mol. The molecule has 0 unspecified atom stereocenters. The molecule has 1 spiro atoms. The van der Waals surface area contributed by atoms with Gasteiger partial charge in [0, 0.05) is 23.1 Å². The molecule has 5 nitrogen and oxygen atoms in total. The van der Waals surface area contributed by atoms with Crippen molar-refractivity contribution >= 4 is 17.6 Å². The molecule has 0 bridgehead atoms. The molecule has 23 heavy (non-hydrogen) atoms. The second-order valence-corrected chi connectivity index (χ2v) is 6.13. The fourth-order valence-corrected chi connectivity index (χ4v) is 3.22. The molecule has 3 rings (SSSR count). The molecule has 0 atom stereocenters. The highest BCUT2D eigenvalue weighted by Crippen LogP contribution is 2.52. The van der Waals surface area contributed by atoms with Crippen LogP contribution in [0.2, 0.25) is 0 Å². The smallest absolute Gasteiger partial charge is 0.325 e. The van der Waals surface area contributed by atoms with Crippen molar-refractivity contribution in [3.8, 4) is 0 Å². The molecular formula is C18H21NO4. The lowest BCUT2D eigenvalue weighted by Gasteiger charge is -2.34. The molecule has 1 aliphatic heterocycles. The number of fused-ring (bicyclic) bond motifs is 2. The first kappa shape index (κ1) is 15.6. The van der Waals surface area contributed by atoms with Crippen molar-refractivity contribution in [2.24, 2.45) is 0 Å². The third kappa shape index (κ3) is 2.71. The van der Waals surface area contributed by atoms with E-state index in [0.29, 0.717) is 24.5 Å². The fraction of sp³-hybridized carbons (Fsp3) is 0.444. The first-order valence-electron chi connectivity index (χ1n) is 7.83. The molecule has 1 aliphatic carbocycles. The Morgan fingerprint density at radius 1 is 1.39 bits per heavy atom. The van der Waals surface area contributed by atoms with Gasteiger partial charge in [-0.1, -0.05) is 12.6 Å². The van der Waals surface area contributed by atoms with E-state index in [9.17, 15) is 9.59 Å². The summed E-state index contributed by atoms with van der Waals surface area (Å²) in [5.41, 5.74) is 2.61. The average molecular weight is 315 g/mol. The molecule has 122 valence electrons. The number of benzene rings is 1. The van der Waals surface area contributed by atoms with E-state index in [0.717, 1.165) is 24.0 Å². The molecule has 1 saturated carbocycles. The Labute approximate surface area is 135 Å². The van der Waals surface area contributed by atoms with Crippen LogP contribution >= 0.6 is 0 Å². The Kier molecular flexibility index (Phi) is 3.88. The van der Waals surface area contributed by atoms with Gasteiger partial charge in [0.2, 0.25) is 0 Å². The maximum absolute atomic E-state index is 12.7. The number of amides is 1. The zero-order chi connectivity index (χ0) is 16.6. The molecule has 1 aromatic carbocycles. The average Bonchev–Trinajstić information content (AvgIpc) is 3.32. The van der Waals surface area contributed by atoms with E-state index in [4.69, 9.17) is 9.47 Å². The molecule has 1 aromatic rings. The molecule has 0 N–H and O–H groups in total. The molecule has 1 amide bonds. The van der Waals surface area contributed by atoms with Crippen LogP contribution in [0.1, 0.15) is 41.3 Å². The maximum atomic E-state index is 12.7. The standard InChI is InChI=1S/C18H21NO4/c1-4-23-12(2)13-5-6-14-15(9-13)18(7-8-18)11-19(17(14)21)10-16(20)22-3/h5-6,9H,2,4,7-8,10-11H2,1,3H3. The lowest BCUT2D eigenvalue weighted by Crippen LogP contribution is -2.46. The summed E-state index contributed by atoms with van der Waals surface area (Å²) in [5, 5.41) is 0. The van der Waals surface area contributed by atoms with Gasteiger partial charge >= 0.3 is 5.97 Å². The number of carbonyl (C=O) groups excluding carboxylic acids is 2. The summed E-state index contributed by atoms with van der Waals surface area (Å²) in [6.45, 7) is 6.99. The van der Waals surface area contributed by atoms with Gasteiger partial charge in [-0.05, 0) is 37.5 Å². The highest BCUT2D eigenvalue weighted by atomic mass is 16.5. The molecule has 1 heterocycles. The summed E-state index contributed by atoms with van der Waals surface area (Å²) in [5.74, 6) is 0.117. The third-order valence-electron chi connectivity index (χ3n) is 4.64. The highest BCUT2D eigenvalue weighted by Gasteiger charge is 2.51. The van der Waals surface area contributed by atoms with Crippen molar-refractivity contribution < 1.29 is 19.1 Å². The van der Waals surface area contributed by atoms with Gasteiger partial charge in [-0.15, -0.1) is 0 Å². The SMILES string of the molecule is C=C(OCC)c1ccc2c(c1)C1(CC1)CN(CC(=O)OC)C2=O.